The number of pyridine rings is 2. The van der Waals surface area contributed by atoms with Crippen LogP contribution < -0.4 is 11.1 Å². The fourth-order valence-electron chi connectivity index (χ4n) is 4.30. The summed E-state index contributed by atoms with van der Waals surface area (Å²) >= 11 is 0. The van der Waals surface area contributed by atoms with Crippen molar-refractivity contribution in [1.29, 1.82) is 5.41 Å². The van der Waals surface area contributed by atoms with Crippen LogP contribution >= 0.6 is 0 Å². The van der Waals surface area contributed by atoms with Crippen molar-refractivity contribution in [2.45, 2.75) is 40.8 Å². The van der Waals surface area contributed by atoms with Crippen molar-refractivity contribution in [2.24, 2.45) is 0 Å². The molecule has 0 bridgehead atoms. The molecule has 3 nitrogen and oxygen atoms in total. The van der Waals surface area contributed by atoms with Crippen LogP contribution in [0.4, 0.5) is 22.0 Å². The number of alkyl halides is 3. The zero-order chi connectivity index (χ0) is 25.4. The highest BCUT2D eigenvalue weighted by Crippen LogP contribution is 2.24. The van der Waals surface area contributed by atoms with Crippen molar-refractivity contribution < 1.29 is 22.0 Å². The zero-order valence-electron chi connectivity index (χ0n) is 19.4. The van der Waals surface area contributed by atoms with Crippen LogP contribution in [0.1, 0.15) is 29.2 Å². The molecular formula is C25H23BF5N3. The van der Waals surface area contributed by atoms with Crippen LogP contribution in [0.25, 0.3) is 11.3 Å². The summed E-state index contributed by atoms with van der Waals surface area (Å²) in [6, 6.07) is 9.75. The number of allylic oxidation sites excluding steroid dienone is 2. The topological polar surface area (TPSA) is 49.6 Å². The number of benzene rings is 1. The lowest BCUT2D eigenvalue weighted by atomic mass is 9.36. The van der Waals surface area contributed by atoms with Crippen molar-refractivity contribution in [2.75, 3.05) is 0 Å². The quantitative estimate of drug-likeness (QED) is 0.237. The maximum Gasteiger partial charge on any atom is 0.432 e. The molecule has 0 aliphatic heterocycles. The van der Waals surface area contributed by atoms with E-state index in [-0.39, 0.29) is 16.7 Å². The smallest absolute Gasteiger partial charge is 0.297 e. The normalized spacial score (nSPS) is 12.1. The summed E-state index contributed by atoms with van der Waals surface area (Å²) in [5, 5.41) is 7.47. The van der Waals surface area contributed by atoms with E-state index in [1.54, 1.807) is 12.1 Å². The molecular weight excluding hydrogens is 448 g/mol. The molecule has 3 rings (SSSR count). The van der Waals surface area contributed by atoms with E-state index >= 15 is 0 Å². The van der Waals surface area contributed by atoms with Crippen molar-refractivity contribution >= 4 is 23.5 Å². The maximum absolute atomic E-state index is 14.5. The van der Waals surface area contributed by atoms with Crippen molar-refractivity contribution in [3.8, 4) is 11.3 Å². The van der Waals surface area contributed by atoms with Crippen LogP contribution in [0.3, 0.4) is 0 Å². The molecule has 9 heteroatoms. The van der Waals surface area contributed by atoms with Crippen LogP contribution in [0.5, 0.6) is 0 Å². The largest absolute Gasteiger partial charge is 0.432 e. The summed E-state index contributed by atoms with van der Waals surface area (Å²) in [6.45, 7) is 7.97. The molecule has 2 aromatic heterocycles. The lowest BCUT2D eigenvalue weighted by Crippen LogP contribution is -2.48. The first kappa shape index (κ1) is 25.3. The average molecular weight is 471 g/mol. The van der Waals surface area contributed by atoms with Gasteiger partial charge in [0.25, 0.3) is 6.71 Å². The molecule has 0 atom stereocenters. The van der Waals surface area contributed by atoms with E-state index in [9.17, 15) is 22.0 Å². The minimum Gasteiger partial charge on any atom is -0.297 e. The van der Waals surface area contributed by atoms with Gasteiger partial charge in [-0.1, -0.05) is 52.7 Å². The van der Waals surface area contributed by atoms with Gasteiger partial charge in [-0.3, -0.25) is 10.4 Å². The van der Waals surface area contributed by atoms with Crippen molar-refractivity contribution in [1.82, 2.24) is 9.97 Å². The molecule has 0 saturated carbocycles. The third-order valence-electron chi connectivity index (χ3n) is 5.62. The minimum absolute atomic E-state index is 0.0176. The Morgan fingerprint density at radius 2 is 1.56 bits per heavy atom. The molecule has 0 radical (unpaired) electrons. The Labute approximate surface area is 195 Å². The van der Waals surface area contributed by atoms with Gasteiger partial charge < -0.3 is 0 Å². The number of rotatable bonds is 5. The van der Waals surface area contributed by atoms with E-state index in [0.29, 0.717) is 11.2 Å². The number of aryl methyl sites for hydroxylation is 4. The number of aromatic nitrogens is 2. The predicted octanol–water partition coefficient (Wildman–Crippen LogP) is 5.33. The second-order valence-electron chi connectivity index (χ2n) is 8.42. The van der Waals surface area contributed by atoms with Crippen molar-refractivity contribution in [3.05, 3.63) is 82.1 Å². The Balaban J connectivity index is 2.26. The Morgan fingerprint density at radius 3 is 2.12 bits per heavy atom. The van der Waals surface area contributed by atoms with Gasteiger partial charge >= 0.3 is 6.18 Å². The zero-order valence-corrected chi connectivity index (χ0v) is 19.4. The predicted molar refractivity (Wildman–Crippen MR) is 125 cm³/mol. The van der Waals surface area contributed by atoms with Crippen LogP contribution in [-0.2, 0) is 0 Å². The van der Waals surface area contributed by atoms with Gasteiger partial charge in [-0.05, 0) is 57.5 Å². The summed E-state index contributed by atoms with van der Waals surface area (Å²) in [7, 11) is 0. The van der Waals surface area contributed by atoms with Gasteiger partial charge in [-0.2, -0.15) is 26.9 Å². The third-order valence-corrected chi connectivity index (χ3v) is 5.62. The molecule has 1 N–H and O–H groups in total. The molecule has 0 aliphatic carbocycles. The van der Waals surface area contributed by atoms with Gasteiger partial charge in [0.15, 0.2) is 0 Å². The Hall–Kier alpha value is -3.36. The van der Waals surface area contributed by atoms with Gasteiger partial charge in [0.05, 0.1) is 11.3 Å². The monoisotopic (exact) mass is 471 g/mol. The number of nitrogens with one attached hydrogen (secondary N) is 1. The van der Waals surface area contributed by atoms with E-state index in [4.69, 9.17) is 5.41 Å². The van der Waals surface area contributed by atoms with Gasteiger partial charge in [0.1, 0.15) is 5.71 Å². The van der Waals surface area contributed by atoms with E-state index in [1.165, 1.54) is 19.9 Å². The number of nitrogens with zero attached hydrogens (tertiary/aromatic N) is 2. The Kier molecular flexibility index (Phi) is 7.05. The highest BCUT2D eigenvalue weighted by molar-refractivity contribution is 6.91. The molecule has 0 fully saturated rings. The highest BCUT2D eigenvalue weighted by atomic mass is 19.4. The van der Waals surface area contributed by atoms with Gasteiger partial charge in [0.2, 0.25) is 11.9 Å². The summed E-state index contributed by atoms with van der Waals surface area (Å²) in [5.41, 5.74) is 3.12. The lowest BCUT2D eigenvalue weighted by Gasteiger charge is -2.21. The fraction of sp³-hybridized carbons (Fsp3) is 0.240. The standard InChI is InChI=1S/C25H23BF5N3/c1-13-9-15(3)23(16(4)10-13)26(17(5)12-19(32)25(29,30)31)20-8-6-7-18(33-20)22-14(2)11-21(27)34-24(22)28/h6-12,32H,1-5H3/b17-12+,32-19?. The van der Waals surface area contributed by atoms with Crippen LogP contribution in [0, 0.1) is 45.0 Å². The minimum atomic E-state index is -4.79. The summed E-state index contributed by atoms with van der Waals surface area (Å²) in [4.78, 5) is 7.82. The molecule has 176 valence electrons. The second-order valence-corrected chi connectivity index (χ2v) is 8.42. The number of halogens is 5. The molecule has 0 saturated heterocycles. The van der Waals surface area contributed by atoms with Crippen LogP contribution in [0.15, 0.2) is 47.9 Å². The molecule has 0 unspecified atom stereocenters. The second kappa shape index (κ2) is 9.48. The summed E-state index contributed by atoms with van der Waals surface area (Å²) in [5.74, 6) is -1.98. The number of hydrogen-bond donors (Lipinski definition) is 1. The Morgan fingerprint density at radius 1 is 0.941 bits per heavy atom. The molecule has 34 heavy (non-hydrogen) atoms. The lowest BCUT2D eigenvalue weighted by molar-refractivity contribution is -0.0584. The molecule has 0 aliphatic rings. The third kappa shape index (κ3) is 5.24. The van der Waals surface area contributed by atoms with Gasteiger partial charge in [0, 0.05) is 5.59 Å². The molecule has 2 heterocycles. The molecule has 1 aromatic carbocycles. The first-order chi connectivity index (χ1) is 15.8. The molecule has 3 aromatic rings. The maximum atomic E-state index is 14.5. The molecule has 0 amide bonds. The van der Waals surface area contributed by atoms with Crippen LogP contribution in [-0.4, -0.2) is 28.6 Å². The van der Waals surface area contributed by atoms with Gasteiger partial charge in [-0.15, -0.1) is 0 Å². The molecule has 0 spiro atoms. The van der Waals surface area contributed by atoms with E-state index in [1.807, 2.05) is 32.9 Å². The summed E-state index contributed by atoms with van der Waals surface area (Å²) < 4.78 is 67.4. The Bertz CT molecular complexity index is 1250. The van der Waals surface area contributed by atoms with Crippen LogP contribution in [0.2, 0.25) is 0 Å². The number of hydrogen-bond acceptors (Lipinski definition) is 3. The fourth-order valence-corrected chi connectivity index (χ4v) is 4.30. The first-order valence-electron chi connectivity index (χ1n) is 10.5. The van der Waals surface area contributed by atoms with E-state index < -0.39 is 30.5 Å². The SMILES string of the molecule is C/C(=C\C(=N)C(F)(F)F)B(c1cccc(-c2c(C)cc(F)nc2F)n1)c1c(C)cc(C)cc1C. The first-order valence-corrected chi connectivity index (χ1v) is 10.5. The summed E-state index contributed by atoms with van der Waals surface area (Å²) in [6.07, 6.45) is -4.00. The van der Waals surface area contributed by atoms with E-state index in [0.717, 1.165) is 34.3 Å². The van der Waals surface area contributed by atoms with Crippen molar-refractivity contribution in [3.63, 3.8) is 0 Å². The van der Waals surface area contributed by atoms with E-state index in [2.05, 4.69) is 9.97 Å². The average Bonchev–Trinajstić information content (AvgIpc) is 2.69. The highest BCUT2D eigenvalue weighted by Gasteiger charge is 2.35. The van der Waals surface area contributed by atoms with Gasteiger partial charge in [-0.25, -0.2) is 0 Å².